The highest BCUT2D eigenvalue weighted by molar-refractivity contribution is 6.77. The van der Waals surface area contributed by atoms with Crippen molar-refractivity contribution in [3.8, 4) is 0 Å². The fourth-order valence-corrected chi connectivity index (χ4v) is 1.56. The van der Waals surface area contributed by atoms with E-state index in [0.29, 0.717) is 0 Å². The molecular weight excluding hydrogens is 178 g/mol. The summed E-state index contributed by atoms with van der Waals surface area (Å²) >= 11 is 0. The monoisotopic (exact) mass is 194 g/mol. The maximum atomic E-state index is 9.81. The largest absolute Gasteiger partial charge is 0.396 e. The van der Waals surface area contributed by atoms with Crippen LogP contribution in [0, 0.1) is 6.42 Å². The smallest absolute Gasteiger partial charge is 0.0790 e. The van der Waals surface area contributed by atoms with E-state index in [9.17, 15) is 5.11 Å². The van der Waals surface area contributed by atoms with Crippen LogP contribution in [0.15, 0.2) is 24.4 Å². The van der Waals surface area contributed by atoms with Crippen molar-refractivity contribution in [2.24, 2.45) is 0 Å². The molecule has 0 fully saturated rings. The number of aromatic nitrogens is 1. The highest BCUT2D eigenvalue weighted by Crippen LogP contribution is 2.13. The van der Waals surface area contributed by atoms with Crippen molar-refractivity contribution in [1.29, 1.82) is 0 Å². The van der Waals surface area contributed by atoms with Gasteiger partial charge in [0.15, 0.2) is 0 Å². The minimum atomic E-state index is -1.48. The maximum absolute atomic E-state index is 9.81. The predicted molar refractivity (Wildman–Crippen MR) is 57.0 cm³/mol. The summed E-state index contributed by atoms with van der Waals surface area (Å²) in [6.07, 6.45) is 3.58. The van der Waals surface area contributed by atoms with E-state index in [1.165, 1.54) is 0 Å². The summed E-state index contributed by atoms with van der Waals surface area (Å²) in [6.45, 7) is 6.41. The lowest BCUT2D eigenvalue weighted by Gasteiger charge is -2.22. The van der Waals surface area contributed by atoms with E-state index in [1.807, 2.05) is 24.6 Å². The molecule has 1 aromatic heterocycles. The van der Waals surface area contributed by atoms with Gasteiger partial charge in [0, 0.05) is 18.3 Å². The minimum Gasteiger partial charge on any atom is -0.396 e. The first kappa shape index (κ1) is 10.4. The molecular formula is C10H16NOSi. The number of hydrogen-bond donors (Lipinski definition) is 1. The van der Waals surface area contributed by atoms with Gasteiger partial charge in [-0.3, -0.25) is 4.98 Å². The molecule has 0 saturated heterocycles. The van der Waals surface area contributed by atoms with Gasteiger partial charge >= 0.3 is 0 Å². The topological polar surface area (TPSA) is 33.1 Å². The zero-order chi connectivity index (χ0) is 9.90. The normalized spacial score (nSPS) is 14.2. The number of aliphatic hydroxyl groups is 1. The molecule has 13 heavy (non-hydrogen) atoms. The second-order valence-electron chi connectivity index (χ2n) is 4.23. The number of rotatable bonds is 3. The first-order valence-electron chi connectivity index (χ1n) is 4.44. The molecule has 2 nitrogen and oxygen atoms in total. The Balaban J connectivity index is 2.61. The molecule has 0 saturated carbocycles. The summed E-state index contributed by atoms with van der Waals surface area (Å²) in [7, 11) is -1.48. The number of aliphatic hydroxyl groups excluding tert-OH is 1. The molecule has 0 spiro atoms. The molecule has 71 valence electrons. The highest BCUT2D eigenvalue weighted by atomic mass is 28.3. The Morgan fingerprint density at radius 3 is 2.54 bits per heavy atom. The fourth-order valence-electron chi connectivity index (χ4n) is 0.886. The summed E-state index contributed by atoms with van der Waals surface area (Å²) in [5, 5.41) is 9.81. The zero-order valence-corrected chi connectivity index (χ0v) is 9.36. The molecule has 1 aromatic rings. The molecule has 1 radical (unpaired) electrons. The Kier molecular flexibility index (Phi) is 3.22. The lowest BCUT2D eigenvalue weighted by molar-refractivity contribution is 0.278. The molecule has 0 bridgehead atoms. The van der Waals surface area contributed by atoms with Crippen molar-refractivity contribution in [2.75, 3.05) is 0 Å². The van der Waals surface area contributed by atoms with Gasteiger partial charge < -0.3 is 5.11 Å². The van der Waals surface area contributed by atoms with E-state index >= 15 is 0 Å². The third-order valence-electron chi connectivity index (χ3n) is 1.90. The first-order valence-corrected chi connectivity index (χ1v) is 8.02. The SMILES string of the molecule is C[Si](C)(C)C(O)[CH]c1ccccn1. The Morgan fingerprint density at radius 2 is 2.08 bits per heavy atom. The van der Waals surface area contributed by atoms with Crippen LogP contribution in [0.2, 0.25) is 19.6 Å². The van der Waals surface area contributed by atoms with Crippen LogP contribution >= 0.6 is 0 Å². The van der Waals surface area contributed by atoms with Crippen LogP contribution < -0.4 is 0 Å². The van der Waals surface area contributed by atoms with Crippen molar-refractivity contribution in [3.63, 3.8) is 0 Å². The third-order valence-corrected chi connectivity index (χ3v) is 3.84. The van der Waals surface area contributed by atoms with Crippen LogP contribution in [-0.2, 0) is 0 Å². The minimum absolute atomic E-state index is 0.317. The number of pyridine rings is 1. The Hall–Kier alpha value is -0.673. The molecule has 0 aliphatic rings. The lowest BCUT2D eigenvalue weighted by Crippen LogP contribution is -2.38. The van der Waals surface area contributed by atoms with Crippen LogP contribution in [0.5, 0.6) is 0 Å². The lowest BCUT2D eigenvalue weighted by atomic mass is 10.3. The van der Waals surface area contributed by atoms with Gasteiger partial charge in [-0.15, -0.1) is 0 Å². The third kappa shape index (κ3) is 3.28. The van der Waals surface area contributed by atoms with Gasteiger partial charge in [0.25, 0.3) is 0 Å². The highest BCUT2D eigenvalue weighted by Gasteiger charge is 2.25. The molecule has 0 aliphatic heterocycles. The fraction of sp³-hybridized carbons (Fsp3) is 0.400. The Bertz CT molecular complexity index is 255. The van der Waals surface area contributed by atoms with Crippen molar-refractivity contribution in [3.05, 3.63) is 36.5 Å². The Morgan fingerprint density at radius 1 is 1.38 bits per heavy atom. The van der Waals surface area contributed by atoms with Crippen LogP contribution in [0.1, 0.15) is 5.69 Å². The summed E-state index contributed by atoms with van der Waals surface area (Å²) in [6, 6.07) is 5.71. The molecule has 1 heterocycles. The summed E-state index contributed by atoms with van der Waals surface area (Å²) in [5.41, 5.74) is 0.542. The van der Waals surface area contributed by atoms with E-state index < -0.39 is 8.07 Å². The van der Waals surface area contributed by atoms with E-state index in [2.05, 4.69) is 24.6 Å². The zero-order valence-electron chi connectivity index (χ0n) is 8.36. The van der Waals surface area contributed by atoms with Gasteiger partial charge in [-0.25, -0.2) is 0 Å². The van der Waals surface area contributed by atoms with E-state index in [-0.39, 0.29) is 5.73 Å². The second kappa shape index (κ2) is 4.02. The average molecular weight is 194 g/mol. The standard InChI is InChI=1S/C10H16NOSi/c1-13(2,3)10(12)8-9-6-4-5-7-11-9/h4-8,10,12H,1-3H3. The average Bonchev–Trinajstić information content (AvgIpc) is 2.04. The van der Waals surface area contributed by atoms with Gasteiger partial charge in [-0.2, -0.15) is 0 Å². The molecule has 0 aromatic carbocycles. The Labute approximate surface area is 80.7 Å². The van der Waals surface area contributed by atoms with Crippen molar-refractivity contribution < 1.29 is 5.11 Å². The first-order chi connectivity index (χ1) is 6.00. The summed E-state index contributed by atoms with van der Waals surface area (Å²) < 4.78 is 0. The summed E-state index contributed by atoms with van der Waals surface area (Å²) in [4.78, 5) is 4.14. The predicted octanol–water partition coefficient (Wildman–Crippen LogP) is 1.87. The second-order valence-corrected chi connectivity index (χ2v) is 9.56. The quantitative estimate of drug-likeness (QED) is 0.745. The van der Waals surface area contributed by atoms with Crippen molar-refractivity contribution in [1.82, 2.24) is 4.98 Å². The molecule has 0 amide bonds. The molecule has 0 aliphatic carbocycles. The summed E-state index contributed by atoms with van der Waals surface area (Å²) in [5.74, 6) is 0. The van der Waals surface area contributed by atoms with Gasteiger partial charge in [0.1, 0.15) is 0 Å². The van der Waals surface area contributed by atoms with Crippen LogP contribution in [0.3, 0.4) is 0 Å². The van der Waals surface area contributed by atoms with Gasteiger partial charge in [-0.1, -0.05) is 25.7 Å². The van der Waals surface area contributed by atoms with Gasteiger partial charge in [0.2, 0.25) is 0 Å². The van der Waals surface area contributed by atoms with E-state index in [1.54, 1.807) is 6.20 Å². The molecule has 1 rings (SSSR count). The number of hydrogen-bond acceptors (Lipinski definition) is 2. The van der Waals surface area contributed by atoms with Gasteiger partial charge in [0.05, 0.1) is 13.8 Å². The molecule has 1 atom stereocenters. The van der Waals surface area contributed by atoms with E-state index in [0.717, 1.165) is 5.69 Å². The van der Waals surface area contributed by atoms with Crippen molar-refractivity contribution in [2.45, 2.75) is 25.4 Å². The molecule has 1 N–H and O–H groups in total. The number of nitrogens with zero attached hydrogens (tertiary/aromatic N) is 1. The van der Waals surface area contributed by atoms with Crippen LogP contribution in [-0.4, -0.2) is 23.9 Å². The van der Waals surface area contributed by atoms with E-state index in [4.69, 9.17) is 0 Å². The maximum Gasteiger partial charge on any atom is 0.0790 e. The van der Waals surface area contributed by atoms with Gasteiger partial charge in [-0.05, 0) is 12.1 Å². The molecule has 1 unspecified atom stereocenters. The van der Waals surface area contributed by atoms with Crippen LogP contribution in [0.4, 0.5) is 0 Å². The van der Waals surface area contributed by atoms with Crippen molar-refractivity contribution >= 4 is 8.07 Å². The molecule has 3 heteroatoms. The van der Waals surface area contributed by atoms with Crippen LogP contribution in [0.25, 0.3) is 0 Å².